The molecular formula is C20H21NO2. The second-order valence-corrected chi connectivity index (χ2v) is 6.12. The molecule has 0 fully saturated rings. The lowest BCUT2D eigenvalue weighted by molar-refractivity contribution is -0.530. The molecule has 3 heteroatoms. The summed E-state index contributed by atoms with van der Waals surface area (Å²) in [5.74, 6) is 6.85. The fraction of sp³-hybridized carbons (Fsp3) is 0.250. The number of rotatable bonds is 3. The van der Waals surface area contributed by atoms with E-state index in [0.29, 0.717) is 6.61 Å². The fourth-order valence-electron chi connectivity index (χ4n) is 1.81. The molecule has 23 heavy (non-hydrogen) atoms. The van der Waals surface area contributed by atoms with Crippen molar-refractivity contribution in [3.8, 4) is 17.6 Å². The van der Waals surface area contributed by atoms with Crippen LogP contribution in [0.1, 0.15) is 31.9 Å². The van der Waals surface area contributed by atoms with Crippen LogP contribution >= 0.6 is 0 Å². The zero-order chi connectivity index (χ0) is 16.7. The van der Waals surface area contributed by atoms with E-state index in [-0.39, 0.29) is 0 Å². The van der Waals surface area contributed by atoms with E-state index in [1.165, 1.54) is 0 Å². The summed E-state index contributed by atoms with van der Waals surface area (Å²) in [5.41, 5.74) is 1.15. The first-order valence-corrected chi connectivity index (χ1v) is 7.54. The Bertz CT molecular complexity index is 731. The Labute approximate surface area is 137 Å². The van der Waals surface area contributed by atoms with Crippen LogP contribution in [0.25, 0.3) is 0 Å². The maximum absolute atomic E-state index is 12.1. The van der Waals surface area contributed by atoms with Gasteiger partial charge in [-0.15, -0.1) is 0 Å². The fourth-order valence-corrected chi connectivity index (χ4v) is 1.81. The molecule has 0 N–H and O–H groups in total. The third-order valence-corrected chi connectivity index (χ3v) is 3.16. The highest BCUT2D eigenvalue weighted by atomic mass is 16.5. The second kappa shape index (κ2) is 7.51. The van der Waals surface area contributed by atoms with Crippen LogP contribution < -0.4 is 4.74 Å². The van der Waals surface area contributed by atoms with Gasteiger partial charge in [-0.25, -0.2) is 4.74 Å². The molecule has 0 heterocycles. The van der Waals surface area contributed by atoms with Gasteiger partial charge in [-0.3, -0.25) is 0 Å². The van der Waals surface area contributed by atoms with Crippen molar-refractivity contribution < 1.29 is 9.48 Å². The van der Waals surface area contributed by atoms with Gasteiger partial charge in [0, 0.05) is 26.3 Å². The van der Waals surface area contributed by atoms with E-state index in [2.05, 4.69) is 11.8 Å². The Kier molecular flexibility index (Phi) is 5.43. The van der Waals surface area contributed by atoms with Crippen LogP contribution in [-0.2, 0) is 0 Å². The van der Waals surface area contributed by atoms with Gasteiger partial charge in [-0.1, -0.05) is 42.2 Å². The van der Waals surface area contributed by atoms with E-state index < -0.39 is 5.54 Å². The summed E-state index contributed by atoms with van der Waals surface area (Å²) in [4.78, 5) is 0. The minimum absolute atomic E-state index is 0.304. The van der Waals surface area contributed by atoms with Crippen molar-refractivity contribution in [1.82, 2.24) is 0 Å². The Morgan fingerprint density at radius 1 is 1.04 bits per heavy atom. The smallest absolute Gasteiger partial charge is 0.183 e. The van der Waals surface area contributed by atoms with Crippen molar-refractivity contribution >= 4 is 6.21 Å². The third kappa shape index (κ3) is 5.19. The summed E-state index contributed by atoms with van der Waals surface area (Å²) in [5, 5.41) is 12.1. The summed E-state index contributed by atoms with van der Waals surface area (Å²) >= 11 is 0. The number of benzene rings is 2. The molecule has 2 aromatic rings. The largest absolute Gasteiger partial charge is 0.623 e. The first kappa shape index (κ1) is 16.6. The van der Waals surface area contributed by atoms with E-state index in [1.54, 1.807) is 6.21 Å². The molecule has 0 aliphatic carbocycles. The van der Waals surface area contributed by atoms with E-state index in [9.17, 15) is 5.21 Å². The molecule has 2 rings (SSSR count). The van der Waals surface area contributed by atoms with Gasteiger partial charge in [0.15, 0.2) is 11.8 Å². The van der Waals surface area contributed by atoms with Crippen LogP contribution in [0.2, 0.25) is 0 Å². The monoisotopic (exact) mass is 307 g/mol. The van der Waals surface area contributed by atoms with Crippen LogP contribution in [0.3, 0.4) is 0 Å². The SMILES string of the molecule is CC(C)(C)/[N+]([O-])=C/c1ccccc1C#CCOc1ccccc1. The molecule has 0 unspecified atom stereocenters. The number of hydrogen-bond acceptors (Lipinski definition) is 2. The summed E-state index contributed by atoms with van der Waals surface area (Å²) < 4.78 is 6.50. The quantitative estimate of drug-likeness (QED) is 0.284. The average Bonchev–Trinajstić information content (AvgIpc) is 2.53. The second-order valence-electron chi connectivity index (χ2n) is 6.12. The van der Waals surface area contributed by atoms with Gasteiger partial charge in [0.2, 0.25) is 0 Å². The average molecular weight is 307 g/mol. The Hall–Kier alpha value is -2.73. The molecule has 0 aromatic heterocycles. The lowest BCUT2D eigenvalue weighted by atomic mass is 10.1. The van der Waals surface area contributed by atoms with E-state index >= 15 is 0 Å². The molecule has 3 nitrogen and oxygen atoms in total. The summed E-state index contributed by atoms with van der Waals surface area (Å²) in [7, 11) is 0. The van der Waals surface area contributed by atoms with Crippen molar-refractivity contribution in [2.75, 3.05) is 6.61 Å². The highest BCUT2D eigenvalue weighted by molar-refractivity contribution is 5.80. The molecule has 0 radical (unpaired) electrons. The van der Waals surface area contributed by atoms with Crippen LogP contribution in [0.4, 0.5) is 0 Å². The molecule has 0 saturated heterocycles. The molecule has 0 atom stereocenters. The lowest BCUT2D eigenvalue weighted by Crippen LogP contribution is -2.29. The minimum Gasteiger partial charge on any atom is -0.623 e. The van der Waals surface area contributed by atoms with Crippen LogP contribution in [-0.4, -0.2) is 23.1 Å². The Balaban J connectivity index is 2.11. The van der Waals surface area contributed by atoms with E-state index in [1.807, 2.05) is 75.4 Å². The molecule has 0 aliphatic heterocycles. The topological polar surface area (TPSA) is 35.3 Å². The number of para-hydroxylation sites is 1. The van der Waals surface area contributed by atoms with Gasteiger partial charge in [0.05, 0.1) is 5.56 Å². The van der Waals surface area contributed by atoms with Crippen LogP contribution in [0.15, 0.2) is 54.6 Å². The predicted molar refractivity (Wildman–Crippen MR) is 93.8 cm³/mol. The molecule has 0 amide bonds. The molecule has 2 aromatic carbocycles. The lowest BCUT2D eigenvalue weighted by Gasteiger charge is -2.18. The summed E-state index contributed by atoms with van der Waals surface area (Å²) in [6.45, 7) is 5.92. The first-order chi connectivity index (χ1) is 11.0. The van der Waals surface area contributed by atoms with Gasteiger partial charge in [-0.2, -0.15) is 0 Å². The molecule has 0 bridgehead atoms. The van der Waals surface area contributed by atoms with Crippen LogP contribution in [0.5, 0.6) is 5.75 Å². The van der Waals surface area contributed by atoms with Crippen molar-refractivity contribution in [1.29, 1.82) is 0 Å². The molecule has 118 valence electrons. The van der Waals surface area contributed by atoms with Gasteiger partial charge in [0.25, 0.3) is 0 Å². The first-order valence-electron chi connectivity index (χ1n) is 7.54. The highest BCUT2D eigenvalue weighted by Gasteiger charge is 2.18. The van der Waals surface area contributed by atoms with Gasteiger partial charge >= 0.3 is 0 Å². The normalized spacial score (nSPS) is 11.5. The van der Waals surface area contributed by atoms with Gasteiger partial charge in [-0.05, 0) is 24.3 Å². The molecular weight excluding hydrogens is 286 g/mol. The van der Waals surface area contributed by atoms with Crippen molar-refractivity contribution in [3.05, 3.63) is 70.9 Å². The maximum atomic E-state index is 12.1. The number of nitrogens with zero attached hydrogens (tertiary/aromatic N) is 1. The number of hydroxylamine groups is 1. The van der Waals surface area contributed by atoms with Crippen molar-refractivity contribution in [2.24, 2.45) is 0 Å². The minimum atomic E-state index is -0.475. The maximum Gasteiger partial charge on any atom is 0.183 e. The predicted octanol–water partition coefficient (Wildman–Crippen LogP) is 3.84. The van der Waals surface area contributed by atoms with Gasteiger partial charge in [0.1, 0.15) is 12.4 Å². The van der Waals surface area contributed by atoms with Gasteiger partial charge < -0.3 is 9.94 Å². The third-order valence-electron chi connectivity index (χ3n) is 3.16. The molecule has 0 aliphatic rings. The number of hydrogen-bond donors (Lipinski definition) is 0. The zero-order valence-corrected chi connectivity index (χ0v) is 13.7. The summed E-state index contributed by atoms with van der Waals surface area (Å²) in [6.07, 6.45) is 1.59. The van der Waals surface area contributed by atoms with Crippen LogP contribution in [0, 0.1) is 17.0 Å². The molecule has 0 saturated carbocycles. The van der Waals surface area contributed by atoms with Crippen molar-refractivity contribution in [3.63, 3.8) is 0 Å². The van der Waals surface area contributed by atoms with E-state index in [0.717, 1.165) is 21.6 Å². The molecule has 0 spiro atoms. The van der Waals surface area contributed by atoms with Crippen molar-refractivity contribution in [2.45, 2.75) is 26.3 Å². The number of ether oxygens (including phenoxy) is 1. The highest BCUT2D eigenvalue weighted by Crippen LogP contribution is 2.10. The zero-order valence-electron chi connectivity index (χ0n) is 13.7. The van der Waals surface area contributed by atoms with E-state index in [4.69, 9.17) is 4.74 Å². The summed E-state index contributed by atoms with van der Waals surface area (Å²) in [6, 6.07) is 17.2. The Morgan fingerprint density at radius 3 is 2.39 bits per heavy atom. The Morgan fingerprint density at radius 2 is 1.70 bits per heavy atom. The standard InChI is InChI=1S/C20H21NO2/c1-20(2,3)21(22)16-18-11-8-7-10-17(18)12-9-15-23-19-13-5-4-6-14-19/h4-8,10-11,13-14,16H,15H2,1-3H3/b21-16-.